The van der Waals surface area contributed by atoms with Crippen LogP contribution < -0.4 is 5.32 Å². The second-order valence-corrected chi connectivity index (χ2v) is 6.62. The van der Waals surface area contributed by atoms with Crippen LogP contribution in [-0.2, 0) is 13.0 Å². The molecule has 1 aromatic heterocycles. The summed E-state index contributed by atoms with van der Waals surface area (Å²) in [4.78, 5) is 10.9. The highest BCUT2D eigenvalue weighted by atomic mass is 127. The van der Waals surface area contributed by atoms with Crippen LogP contribution in [0.3, 0.4) is 0 Å². The van der Waals surface area contributed by atoms with Gasteiger partial charge in [0.15, 0.2) is 11.8 Å². The fraction of sp³-hybridized carbons (Fsp3) is 0.526. The number of aryl methyl sites for hydroxylation is 2. The average molecular weight is 471 g/mol. The molecule has 2 rings (SSSR count). The number of aliphatic imine (C=N–C) groups is 1. The zero-order valence-corrected chi connectivity index (χ0v) is 18.7. The number of aromatic nitrogens is 2. The number of hydrogen-bond acceptors (Lipinski definition) is 4. The van der Waals surface area contributed by atoms with Crippen LogP contribution in [0.5, 0.6) is 0 Å². The Morgan fingerprint density at radius 2 is 1.96 bits per heavy atom. The Balaban J connectivity index is 0.00000338. The lowest BCUT2D eigenvalue weighted by Crippen LogP contribution is -2.39. The summed E-state index contributed by atoms with van der Waals surface area (Å²) in [5.74, 6) is 2.66. The van der Waals surface area contributed by atoms with Crippen LogP contribution in [-0.4, -0.2) is 41.6 Å². The molecule has 0 aliphatic rings. The molecule has 0 saturated heterocycles. The van der Waals surface area contributed by atoms with Crippen molar-refractivity contribution in [3.8, 4) is 0 Å². The Morgan fingerprint density at radius 3 is 2.54 bits per heavy atom. The van der Waals surface area contributed by atoms with Gasteiger partial charge in [0.05, 0.1) is 0 Å². The third-order valence-electron chi connectivity index (χ3n) is 3.96. The smallest absolute Gasteiger partial charge is 0.226 e. The Kier molecular flexibility index (Phi) is 9.61. The molecule has 0 bridgehead atoms. The predicted molar refractivity (Wildman–Crippen MR) is 116 cm³/mol. The summed E-state index contributed by atoms with van der Waals surface area (Å²) in [6.45, 7) is 7.85. The third kappa shape index (κ3) is 6.93. The van der Waals surface area contributed by atoms with E-state index in [1.165, 1.54) is 11.1 Å². The lowest BCUT2D eigenvalue weighted by Gasteiger charge is -2.22. The lowest BCUT2D eigenvalue weighted by molar-refractivity contribution is 0.368. The van der Waals surface area contributed by atoms with Crippen molar-refractivity contribution in [2.45, 2.75) is 46.1 Å². The number of nitrogens with one attached hydrogen (secondary N) is 1. The van der Waals surface area contributed by atoms with Gasteiger partial charge >= 0.3 is 0 Å². The van der Waals surface area contributed by atoms with E-state index in [4.69, 9.17) is 4.52 Å². The van der Waals surface area contributed by atoms with E-state index in [9.17, 15) is 0 Å². The van der Waals surface area contributed by atoms with E-state index in [0.29, 0.717) is 11.8 Å². The van der Waals surface area contributed by atoms with Gasteiger partial charge in [0.2, 0.25) is 5.89 Å². The minimum absolute atomic E-state index is 0. The fourth-order valence-corrected chi connectivity index (χ4v) is 2.47. The van der Waals surface area contributed by atoms with Crippen LogP contribution in [0.2, 0.25) is 0 Å². The largest absolute Gasteiger partial charge is 0.356 e. The second kappa shape index (κ2) is 11.2. The van der Waals surface area contributed by atoms with Crippen molar-refractivity contribution >= 4 is 29.9 Å². The molecule has 1 heterocycles. The Labute approximate surface area is 173 Å². The second-order valence-electron chi connectivity index (χ2n) is 6.62. The number of hydrogen-bond donors (Lipinski definition) is 1. The van der Waals surface area contributed by atoms with Crippen LogP contribution in [0.25, 0.3) is 0 Å². The fourth-order valence-electron chi connectivity index (χ4n) is 2.47. The number of benzene rings is 1. The molecule has 2 aromatic rings. The van der Waals surface area contributed by atoms with E-state index < -0.39 is 0 Å². The predicted octanol–water partition coefficient (Wildman–Crippen LogP) is 3.76. The van der Waals surface area contributed by atoms with Gasteiger partial charge in [0.25, 0.3) is 0 Å². The number of rotatable bonds is 7. The number of guanidine groups is 1. The Morgan fingerprint density at radius 1 is 1.27 bits per heavy atom. The van der Waals surface area contributed by atoms with Crippen LogP contribution in [0.4, 0.5) is 0 Å². The summed E-state index contributed by atoms with van der Waals surface area (Å²) in [5.41, 5.74) is 2.54. The highest BCUT2D eigenvalue weighted by Crippen LogP contribution is 2.10. The number of nitrogens with zero attached hydrogens (tertiary/aromatic N) is 4. The average Bonchev–Trinajstić information content (AvgIpc) is 3.06. The van der Waals surface area contributed by atoms with Crippen molar-refractivity contribution < 1.29 is 4.52 Å². The molecule has 144 valence electrons. The first-order chi connectivity index (χ1) is 12.0. The van der Waals surface area contributed by atoms with Gasteiger partial charge in [0, 0.05) is 39.5 Å². The van der Waals surface area contributed by atoms with Gasteiger partial charge in [-0.1, -0.05) is 48.8 Å². The summed E-state index contributed by atoms with van der Waals surface area (Å²) in [5, 5.41) is 7.38. The molecule has 7 heteroatoms. The molecule has 1 N–H and O–H groups in total. The van der Waals surface area contributed by atoms with E-state index in [-0.39, 0.29) is 24.0 Å². The molecular weight excluding hydrogens is 441 g/mol. The quantitative estimate of drug-likeness (QED) is 0.288. The zero-order chi connectivity index (χ0) is 18.2. The van der Waals surface area contributed by atoms with Gasteiger partial charge in [-0.2, -0.15) is 4.98 Å². The van der Waals surface area contributed by atoms with E-state index >= 15 is 0 Å². The van der Waals surface area contributed by atoms with Crippen molar-refractivity contribution in [1.82, 2.24) is 20.4 Å². The minimum atomic E-state index is 0. The molecule has 0 amide bonds. The van der Waals surface area contributed by atoms with Crippen molar-refractivity contribution in [1.29, 1.82) is 0 Å². The Hall–Kier alpha value is -1.64. The van der Waals surface area contributed by atoms with E-state index in [0.717, 1.165) is 37.7 Å². The molecule has 0 fully saturated rings. The summed E-state index contributed by atoms with van der Waals surface area (Å²) < 4.78 is 5.27. The first-order valence-electron chi connectivity index (χ1n) is 8.79. The van der Waals surface area contributed by atoms with Crippen LogP contribution in [0, 0.1) is 6.92 Å². The first-order valence-corrected chi connectivity index (χ1v) is 8.79. The summed E-state index contributed by atoms with van der Waals surface area (Å²) in [6, 6.07) is 8.58. The molecule has 0 aliphatic carbocycles. The van der Waals surface area contributed by atoms with Crippen molar-refractivity contribution in [2.75, 3.05) is 20.6 Å². The monoisotopic (exact) mass is 471 g/mol. The van der Waals surface area contributed by atoms with Gasteiger partial charge < -0.3 is 14.7 Å². The van der Waals surface area contributed by atoms with E-state index in [1.807, 2.05) is 7.05 Å². The summed E-state index contributed by atoms with van der Waals surface area (Å²) >= 11 is 0. The van der Waals surface area contributed by atoms with Gasteiger partial charge in [-0.15, -0.1) is 24.0 Å². The highest BCUT2D eigenvalue weighted by molar-refractivity contribution is 14.0. The molecule has 0 unspecified atom stereocenters. The zero-order valence-electron chi connectivity index (χ0n) is 16.3. The molecule has 26 heavy (non-hydrogen) atoms. The normalized spacial score (nSPS) is 11.4. The third-order valence-corrected chi connectivity index (χ3v) is 3.96. The summed E-state index contributed by atoms with van der Waals surface area (Å²) in [6.07, 6.45) is 1.68. The molecular formula is C19H30IN5O. The highest BCUT2D eigenvalue weighted by Gasteiger charge is 2.10. The molecule has 1 aromatic carbocycles. The topological polar surface area (TPSA) is 66.5 Å². The van der Waals surface area contributed by atoms with Crippen molar-refractivity contribution in [3.05, 3.63) is 47.1 Å². The number of halogens is 1. The lowest BCUT2D eigenvalue weighted by atomic mass is 10.1. The SMILES string of the molecule is CN=C(NCCCc1nc(C(C)C)no1)N(C)Cc1ccc(C)cc1.I. The van der Waals surface area contributed by atoms with Gasteiger partial charge in [-0.3, -0.25) is 4.99 Å². The Bertz CT molecular complexity index is 681. The van der Waals surface area contributed by atoms with Gasteiger partial charge in [-0.25, -0.2) is 0 Å². The summed E-state index contributed by atoms with van der Waals surface area (Å²) in [7, 11) is 3.85. The standard InChI is InChI=1S/C19H29N5O.HI/c1-14(2)18-22-17(25-23-18)7-6-12-21-19(20-4)24(5)13-16-10-8-15(3)9-11-16;/h8-11,14H,6-7,12-13H2,1-5H3,(H,20,21);1H. The van der Waals surface area contributed by atoms with E-state index in [1.54, 1.807) is 7.05 Å². The van der Waals surface area contributed by atoms with Gasteiger partial charge in [0.1, 0.15) is 0 Å². The molecule has 0 radical (unpaired) electrons. The first kappa shape index (κ1) is 22.4. The molecule has 6 nitrogen and oxygen atoms in total. The van der Waals surface area contributed by atoms with Crippen LogP contribution >= 0.6 is 24.0 Å². The van der Waals surface area contributed by atoms with Crippen LogP contribution in [0.15, 0.2) is 33.8 Å². The maximum atomic E-state index is 5.27. The minimum Gasteiger partial charge on any atom is -0.356 e. The molecule has 0 saturated carbocycles. The van der Waals surface area contributed by atoms with Gasteiger partial charge in [-0.05, 0) is 18.9 Å². The maximum Gasteiger partial charge on any atom is 0.226 e. The van der Waals surface area contributed by atoms with Crippen molar-refractivity contribution in [3.63, 3.8) is 0 Å². The maximum absolute atomic E-state index is 5.27. The van der Waals surface area contributed by atoms with Crippen LogP contribution in [0.1, 0.15) is 49.0 Å². The molecule has 0 atom stereocenters. The van der Waals surface area contributed by atoms with Crippen molar-refractivity contribution in [2.24, 2.45) is 4.99 Å². The molecule has 0 spiro atoms. The molecule has 0 aliphatic heterocycles. The van der Waals surface area contributed by atoms with E-state index in [2.05, 4.69) is 70.4 Å².